The average molecular weight is 448 g/mol. The quantitative estimate of drug-likeness (QED) is 0.648. The molecule has 7 heteroatoms. The van der Waals surface area contributed by atoms with Crippen molar-refractivity contribution in [2.75, 3.05) is 6.54 Å². The monoisotopic (exact) mass is 447 g/mol. The van der Waals surface area contributed by atoms with Gasteiger partial charge in [0, 0.05) is 11.6 Å². The van der Waals surface area contributed by atoms with Gasteiger partial charge in [0.05, 0.1) is 0 Å². The van der Waals surface area contributed by atoms with Gasteiger partial charge in [-0.05, 0) is 85.4 Å². The molecule has 2 atom stereocenters. The van der Waals surface area contributed by atoms with E-state index in [1.807, 2.05) is 66.7 Å². The van der Waals surface area contributed by atoms with E-state index in [1.165, 1.54) is 0 Å². The third-order valence-electron chi connectivity index (χ3n) is 4.98. The molecule has 0 aliphatic carbocycles. The van der Waals surface area contributed by atoms with Crippen molar-refractivity contribution in [3.63, 3.8) is 0 Å². The largest absolute Gasteiger partial charge is 0.444 e. The summed E-state index contributed by atoms with van der Waals surface area (Å²) in [5.41, 5.74) is 1.53. The molecule has 0 fully saturated rings. The Hall–Kier alpha value is -2.57. The van der Waals surface area contributed by atoms with Gasteiger partial charge in [0.1, 0.15) is 18.2 Å². The maximum Gasteiger partial charge on any atom is 0.408 e. The van der Waals surface area contributed by atoms with Crippen molar-refractivity contribution >= 4 is 17.9 Å². The molecular weight excluding hydrogens is 406 g/mol. The van der Waals surface area contributed by atoms with Crippen LogP contribution in [0.15, 0.2) is 18.2 Å². The molecular formula is C25H41N3O4. The molecule has 7 nitrogen and oxygen atoms in total. The minimum atomic E-state index is -0.821. The Morgan fingerprint density at radius 3 is 2.00 bits per heavy atom. The molecule has 1 rings (SSSR count). The van der Waals surface area contributed by atoms with E-state index < -0.39 is 23.3 Å². The lowest BCUT2D eigenvalue weighted by molar-refractivity contribution is -0.143. The predicted molar refractivity (Wildman–Crippen MR) is 127 cm³/mol. The van der Waals surface area contributed by atoms with Gasteiger partial charge in [-0.15, -0.1) is 0 Å². The Balaban J connectivity index is 3.39. The maximum absolute atomic E-state index is 13.5. The summed E-state index contributed by atoms with van der Waals surface area (Å²) in [6.45, 7) is 18.5. The van der Waals surface area contributed by atoms with Crippen LogP contribution in [-0.2, 0) is 14.3 Å². The van der Waals surface area contributed by atoms with E-state index in [1.54, 1.807) is 25.7 Å². The molecule has 180 valence electrons. The third kappa shape index (κ3) is 8.17. The van der Waals surface area contributed by atoms with Gasteiger partial charge in [-0.1, -0.05) is 25.1 Å². The van der Waals surface area contributed by atoms with Crippen molar-refractivity contribution in [2.24, 2.45) is 0 Å². The number of hydrogen-bond acceptors (Lipinski definition) is 4. The fraction of sp³-hybridized carbons (Fsp3) is 0.640. The van der Waals surface area contributed by atoms with E-state index in [0.717, 1.165) is 16.7 Å². The molecule has 0 saturated heterocycles. The Kier molecular flexibility index (Phi) is 9.30. The molecule has 0 heterocycles. The van der Waals surface area contributed by atoms with Gasteiger partial charge in [-0.3, -0.25) is 9.59 Å². The SMILES string of the molecule is CCC(C)N(C(=O)CNC(=O)OC(C)(C)C)C(C(=O)NC(C)(C)C)c1c(C)cccc1C. The van der Waals surface area contributed by atoms with Crippen LogP contribution in [0.1, 0.15) is 84.5 Å². The number of nitrogens with one attached hydrogen (secondary N) is 2. The number of amides is 3. The van der Waals surface area contributed by atoms with Gasteiger partial charge < -0.3 is 20.3 Å². The van der Waals surface area contributed by atoms with E-state index in [0.29, 0.717) is 6.42 Å². The summed E-state index contributed by atoms with van der Waals surface area (Å²) in [5.74, 6) is -0.595. The van der Waals surface area contributed by atoms with Crippen LogP contribution in [0.3, 0.4) is 0 Å². The Morgan fingerprint density at radius 2 is 1.56 bits per heavy atom. The van der Waals surface area contributed by atoms with Crippen LogP contribution >= 0.6 is 0 Å². The van der Waals surface area contributed by atoms with Crippen LogP contribution in [0.25, 0.3) is 0 Å². The molecule has 0 radical (unpaired) electrons. The van der Waals surface area contributed by atoms with Gasteiger partial charge in [-0.2, -0.15) is 0 Å². The Labute approximate surface area is 193 Å². The molecule has 0 aliphatic heterocycles. The number of hydrogen-bond donors (Lipinski definition) is 2. The summed E-state index contributed by atoms with van der Waals surface area (Å²) in [5, 5.41) is 5.57. The first-order valence-electron chi connectivity index (χ1n) is 11.2. The van der Waals surface area contributed by atoms with Crippen LogP contribution < -0.4 is 10.6 Å². The van der Waals surface area contributed by atoms with E-state index >= 15 is 0 Å². The highest BCUT2D eigenvalue weighted by atomic mass is 16.6. The zero-order valence-corrected chi connectivity index (χ0v) is 21.4. The van der Waals surface area contributed by atoms with Gasteiger partial charge in [-0.25, -0.2) is 4.79 Å². The van der Waals surface area contributed by atoms with Crippen LogP contribution in [-0.4, -0.2) is 46.5 Å². The van der Waals surface area contributed by atoms with Gasteiger partial charge in [0.2, 0.25) is 11.8 Å². The van der Waals surface area contributed by atoms with Crippen LogP contribution in [0.2, 0.25) is 0 Å². The number of benzene rings is 1. The van der Waals surface area contributed by atoms with Gasteiger partial charge in [0.25, 0.3) is 0 Å². The summed E-state index contributed by atoms with van der Waals surface area (Å²) >= 11 is 0. The lowest BCUT2D eigenvalue weighted by Crippen LogP contribution is -2.54. The molecule has 2 N–H and O–H groups in total. The summed E-state index contributed by atoms with van der Waals surface area (Å²) in [6, 6.07) is 4.78. The lowest BCUT2D eigenvalue weighted by atomic mass is 9.92. The molecule has 0 aliphatic rings. The molecule has 32 heavy (non-hydrogen) atoms. The van der Waals surface area contributed by atoms with E-state index in [9.17, 15) is 14.4 Å². The topological polar surface area (TPSA) is 87.7 Å². The zero-order valence-electron chi connectivity index (χ0n) is 21.4. The second-order valence-electron chi connectivity index (χ2n) is 10.4. The number of nitrogens with zero attached hydrogens (tertiary/aromatic N) is 1. The smallest absolute Gasteiger partial charge is 0.408 e. The second kappa shape index (κ2) is 10.8. The van der Waals surface area contributed by atoms with Crippen molar-refractivity contribution in [1.82, 2.24) is 15.5 Å². The van der Waals surface area contributed by atoms with E-state index in [2.05, 4.69) is 10.6 Å². The second-order valence-corrected chi connectivity index (χ2v) is 10.4. The number of ether oxygens (including phenoxy) is 1. The third-order valence-corrected chi connectivity index (χ3v) is 4.98. The molecule has 1 aromatic carbocycles. The molecule has 2 unspecified atom stereocenters. The van der Waals surface area contributed by atoms with Crippen molar-refractivity contribution in [3.8, 4) is 0 Å². The average Bonchev–Trinajstić information content (AvgIpc) is 2.62. The molecule has 3 amide bonds. The number of aryl methyl sites for hydroxylation is 2. The highest BCUT2D eigenvalue weighted by Crippen LogP contribution is 2.30. The fourth-order valence-corrected chi connectivity index (χ4v) is 3.49. The number of carbonyl (C=O) groups excluding carboxylic acids is 3. The zero-order chi connectivity index (χ0) is 24.9. The number of alkyl carbamates (subject to hydrolysis) is 1. The molecule has 0 spiro atoms. The highest BCUT2D eigenvalue weighted by molar-refractivity contribution is 5.91. The van der Waals surface area contributed by atoms with E-state index in [4.69, 9.17) is 4.74 Å². The number of rotatable bonds is 7. The summed E-state index contributed by atoms with van der Waals surface area (Å²) in [6.07, 6.45) is -0.0136. The molecule has 1 aromatic rings. The molecule has 0 bridgehead atoms. The lowest BCUT2D eigenvalue weighted by Gasteiger charge is -2.38. The molecule has 0 aromatic heterocycles. The van der Waals surface area contributed by atoms with Crippen molar-refractivity contribution in [1.29, 1.82) is 0 Å². The van der Waals surface area contributed by atoms with Crippen molar-refractivity contribution in [3.05, 3.63) is 34.9 Å². The highest BCUT2D eigenvalue weighted by Gasteiger charge is 2.37. The fourth-order valence-electron chi connectivity index (χ4n) is 3.49. The number of carbonyl (C=O) groups is 3. The summed E-state index contributed by atoms with van der Waals surface area (Å²) < 4.78 is 5.25. The first-order chi connectivity index (χ1) is 14.6. The normalized spacial score (nSPS) is 13.7. The van der Waals surface area contributed by atoms with Crippen LogP contribution in [0.5, 0.6) is 0 Å². The summed E-state index contributed by atoms with van der Waals surface area (Å²) in [7, 11) is 0. The van der Waals surface area contributed by atoms with Gasteiger partial charge >= 0.3 is 6.09 Å². The van der Waals surface area contributed by atoms with Crippen molar-refractivity contribution < 1.29 is 19.1 Å². The van der Waals surface area contributed by atoms with Crippen molar-refractivity contribution in [2.45, 2.75) is 98.9 Å². The first kappa shape index (κ1) is 27.5. The Bertz CT molecular complexity index is 801. The van der Waals surface area contributed by atoms with Crippen LogP contribution in [0.4, 0.5) is 4.79 Å². The first-order valence-corrected chi connectivity index (χ1v) is 11.2. The van der Waals surface area contributed by atoms with Crippen LogP contribution in [0, 0.1) is 13.8 Å². The van der Waals surface area contributed by atoms with E-state index in [-0.39, 0.29) is 24.4 Å². The minimum Gasteiger partial charge on any atom is -0.444 e. The Morgan fingerprint density at radius 1 is 1.03 bits per heavy atom. The van der Waals surface area contributed by atoms with Gasteiger partial charge in [0.15, 0.2) is 0 Å². The standard InChI is InChI=1S/C25H41N3O4/c1-11-18(4)28(19(29)15-26-23(31)32-25(8,9)10)21(22(30)27-24(5,6)7)20-16(2)13-12-14-17(20)3/h12-14,18,21H,11,15H2,1-10H3,(H,26,31)(H,27,30). The summed E-state index contributed by atoms with van der Waals surface area (Å²) in [4.78, 5) is 40.6. The minimum absolute atomic E-state index is 0.224. The molecule has 0 saturated carbocycles. The maximum atomic E-state index is 13.5. The predicted octanol–water partition coefficient (Wildman–Crippen LogP) is 4.41.